The fourth-order valence-electron chi connectivity index (χ4n) is 2.76. The molecule has 2 heterocycles. The summed E-state index contributed by atoms with van der Waals surface area (Å²) < 4.78 is 2.02. The summed E-state index contributed by atoms with van der Waals surface area (Å²) in [6.45, 7) is 2.02. The van der Waals surface area contributed by atoms with Gasteiger partial charge in [0.15, 0.2) is 5.82 Å². The monoisotopic (exact) mass is 362 g/mol. The van der Waals surface area contributed by atoms with Gasteiger partial charge in [0.25, 0.3) is 5.56 Å². The van der Waals surface area contributed by atoms with E-state index in [0.717, 1.165) is 22.4 Å². The van der Waals surface area contributed by atoms with Crippen molar-refractivity contribution >= 4 is 28.1 Å². The second-order valence-electron chi connectivity index (χ2n) is 6.40. The lowest BCUT2D eigenvalue weighted by Gasteiger charge is -2.11. The number of nitrogens with zero attached hydrogens (tertiary/aromatic N) is 4. The van der Waals surface area contributed by atoms with E-state index in [2.05, 4.69) is 10.1 Å². The van der Waals surface area contributed by atoms with Gasteiger partial charge in [0.05, 0.1) is 4.53 Å². The summed E-state index contributed by atoms with van der Waals surface area (Å²) >= 11 is 1.36. The fraction of sp³-hybridized carbons (Fsp3) is 0.150. The van der Waals surface area contributed by atoms with Crippen LogP contribution in [0.5, 0.6) is 0 Å². The van der Waals surface area contributed by atoms with Crippen molar-refractivity contribution < 1.29 is 0 Å². The number of benzene rings is 2. The molecule has 0 spiro atoms. The van der Waals surface area contributed by atoms with Crippen LogP contribution in [0.15, 0.2) is 53.3 Å². The van der Waals surface area contributed by atoms with Gasteiger partial charge in [0.2, 0.25) is 4.96 Å². The first-order chi connectivity index (χ1) is 12.5. The molecule has 6 heteroatoms. The average molecular weight is 362 g/mol. The smallest absolute Gasteiger partial charge is 0.291 e. The molecule has 5 nitrogen and oxygen atoms in total. The molecule has 0 radical (unpaired) electrons. The molecule has 0 atom stereocenters. The van der Waals surface area contributed by atoms with Crippen LogP contribution in [0.1, 0.15) is 11.1 Å². The first-order valence-electron chi connectivity index (χ1n) is 8.27. The summed E-state index contributed by atoms with van der Waals surface area (Å²) in [5.41, 5.74) is 4.03. The Kier molecular flexibility index (Phi) is 4.05. The van der Waals surface area contributed by atoms with Gasteiger partial charge in [-0.25, -0.2) is 0 Å². The van der Waals surface area contributed by atoms with Crippen molar-refractivity contribution in [2.24, 2.45) is 0 Å². The lowest BCUT2D eigenvalue weighted by Crippen LogP contribution is -2.23. The van der Waals surface area contributed by atoms with Crippen LogP contribution in [0.25, 0.3) is 22.4 Å². The van der Waals surface area contributed by atoms with E-state index in [4.69, 9.17) is 0 Å². The summed E-state index contributed by atoms with van der Waals surface area (Å²) in [7, 11) is 4.00. The summed E-state index contributed by atoms with van der Waals surface area (Å²) in [4.78, 5) is 19.8. The minimum atomic E-state index is -0.131. The van der Waals surface area contributed by atoms with Crippen LogP contribution in [0.4, 0.5) is 5.69 Å². The normalized spacial score (nSPS) is 12.0. The second kappa shape index (κ2) is 6.38. The zero-order valence-electron chi connectivity index (χ0n) is 14.8. The molecule has 0 saturated carbocycles. The molecule has 0 saturated heterocycles. The Morgan fingerprint density at radius 1 is 1.12 bits per heavy atom. The van der Waals surface area contributed by atoms with Crippen molar-refractivity contribution in [3.05, 3.63) is 74.5 Å². The highest BCUT2D eigenvalue weighted by atomic mass is 32.1. The van der Waals surface area contributed by atoms with E-state index in [1.54, 1.807) is 0 Å². The molecule has 4 rings (SSSR count). The Balaban J connectivity index is 1.75. The molecule has 0 amide bonds. The molecule has 26 heavy (non-hydrogen) atoms. The van der Waals surface area contributed by atoms with Crippen molar-refractivity contribution in [1.29, 1.82) is 0 Å². The SMILES string of the molecule is Cc1cccc(-c2nc3s/c(=C\c4ccc(N(C)C)cc4)c(=O)n3n2)c1. The highest BCUT2D eigenvalue weighted by Crippen LogP contribution is 2.18. The van der Waals surface area contributed by atoms with Crippen LogP contribution in [0.3, 0.4) is 0 Å². The standard InChI is InChI=1S/C20H18N4OS/c1-13-5-4-6-15(11-13)18-21-20-24(22-18)19(25)17(26-20)12-14-7-9-16(10-8-14)23(2)3/h4-12H,1-3H3/b17-12-. The molecular formula is C20H18N4OS. The van der Waals surface area contributed by atoms with E-state index in [9.17, 15) is 4.79 Å². The van der Waals surface area contributed by atoms with Crippen LogP contribution < -0.4 is 15.0 Å². The van der Waals surface area contributed by atoms with Gasteiger partial charge in [0.1, 0.15) is 0 Å². The molecule has 0 aliphatic carbocycles. The van der Waals surface area contributed by atoms with E-state index >= 15 is 0 Å². The number of thiazole rings is 1. The van der Waals surface area contributed by atoms with Gasteiger partial charge in [-0.1, -0.05) is 47.2 Å². The third-order valence-corrected chi connectivity index (χ3v) is 5.12. The topological polar surface area (TPSA) is 50.5 Å². The summed E-state index contributed by atoms with van der Waals surface area (Å²) in [5, 5.41) is 4.40. The van der Waals surface area contributed by atoms with Gasteiger partial charge in [-0.3, -0.25) is 4.79 Å². The molecule has 0 aliphatic rings. The number of hydrogen-bond donors (Lipinski definition) is 0. The van der Waals surface area contributed by atoms with Gasteiger partial charge in [-0.15, -0.1) is 5.10 Å². The maximum absolute atomic E-state index is 12.7. The lowest BCUT2D eigenvalue weighted by atomic mass is 10.1. The fourth-order valence-corrected chi connectivity index (χ4v) is 3.67. The molecule has 0 aliphatic heterocycles. The third-order valence-electron chi connectivity index (χ3n) is 4.17. The maximum Gasteiger partial charge on any atom is 0.291 e. The Morgan fingerprint density at radius 3 is 2.54 bits per heavy atom. The summed E-state index contributed by atoms with van der Waals surface area (Å²) in [6.07, 6.45) is 1.88. The predicted molar refractivity (Wildman–Crippen MR) is 107 cm³/mol. The van der Waals surface area contributed by atoms with E-state index in [0.29, 0.717) is 15.3 Å². The molecule has 4 aromatic rings. The molecular weight excluding hydrogens is 344 g/mol. The Bertz CT molecular complexity index is 1190. The van der Waals surface area contributed by atoms with Crippen molar-refractivity contribution in [1.82, 2.24) is 14.6 Å². The minimum Gasteiger partial charge on any atom is -0.378 e. The van der Waals surface area contributed by atoms with Crippen molar-refractivity contribution in [3.8, 4) is 11.4 Å². The number of anilines is 1. The van der Waals surface area contributed by atoms with Crippen LogP contribution in [-0.2, 0) is 0 Å². The second-order valence-corrected chi connectivity index (χ2v) is 7.41. The number of aryl methyl sites for hydroxylation is 1. The maximum atomic E-state index is 12.7. The van der Waals surface area contributed by atoms with Gasteiger partial charge in [-0.05, 0) is 36.8 Å². The zero-order valence-corrected chi connectivity index (χ0v) is 15.6. The van der Waals surface area contributed by atoms with E-state index in [-0.39, 0.29) is 5.56 Å². The molecule has 2 aromatic carbocycles. The highest BCUT2D eigenvalue weighted by Gasteiger charge is 2.12. The zero-order chi connectivity index (χ0) is 18.3. The Labute approximate surface area is 154 Å². The van der Waals surface area contributed by atoms with Crippen LogP contribution in [-0.4, -0.2) is 28.7 Å². The molecule has 130 valence electrons. The molecule has 0 fully saturated rings. The van der Waals surface area contributed by atoms with Gasteiger partial charge in [-0.2, -0.15) is 9.50 Å². The lowest BCUT2D eigenvalue weighted by molar-refractivity contribution is 0.936. The van der Waals surface area contributed by atoms with Gasteiger partial charge >= 0.3 is 0 Å². The first-order valence-corrected chi connectivity index (χ1v) is 9.09. The molecule has 0 bridgehead atoms. The summed E-state index contributed by atoms with van der Waals surface area (Å²) in [6, 6.07) is 16.0. The third kappa shape index (κ3) is 2.99. The van der Waals surface area contributed by atoms with Crippen LogP contribution in [0, 0.1) is 6.92 Å². The van der Waals surface area contributed by atoms with Crippen molar-refractivity contribution in [2.75, 3.05) is 19.0 Å². The first kappa shape index (κ1) is 16.5. The van der Waals surface area contributed by atoms with E-state index in [1.165, 1.54) is 15.9 Å². The van der Waals surface area contributed by atoms with Crippen molar-refractivity contribution in [3.63, 3.8) is 0 Å². The van der Waals surface area contributed by atoms with Gasteiger partial charge in [0, 0.05) is 25.3 Å². The van der Waals surface area contributed by atoms with E-state index < -0.39 is 0 Å². The molecule has 0 unspecified atom stereocenters. The number of fused-ring (bicyclic) bond motifs is 1. The largest absolute Gasteiger partial charge is 0.378 e. The quantitative estimate of drug-likeness (QED) is 0.562. The highest BCUT2D eigenvalue weighted by molar-refractivity contribution is 7.15. The van der Waals surface area contributed by atoms with Gasteiger partial charge < -0.3 is 4.90 Å². The number of rotatable bonds is 3. The van der Waals surface area contributed by atoms with E-state index in [1.807, 2.05) is 80.5 Å². The molecule has 2 aromatic heterocycles. The summed E-state index contributed by atoms with van der Waals surface area (Å²) in [5.74, 6) is 0.582. The average Bonchev–Trinajstić information content (AvgIpc) is 3.16. The number of aromatic nitrogens is 3. The molecule has 0 N–H and O–H groups in total. The minimum absolute atomic E-state index is 0.131. The van der Waals surface area contributed by atoms with Crippen LogP contribution in [0.2, 0.25) is 0 Å². The predicted octanol–water partition coefficient (Wildman–Crippen LogP) is 2.74. The Hall–Kier alpha value is -2.99. The number of hydrogen-bond acceptors (Lipinski definition) is 5. The van der Waals surface area contributed by atoms with Crippen LogP contribution >= 0.6 is 11.3 Å². The van der Waals surface area contributed by atoms with Crippen molar-refractivity contribution in [2.45, 2.75) is 6.92 Å². The Morgan fingerprint density at radius 2 is 1.88 bits per heavy atom.